The van der Waals surface area contributed by atoms with Gasteiger partial charge >= 0.3 is 0 Å². The van der Waals surface area contributed by atoms with Crippen LogP contribution in [0, 0.1) is 12.8 Å². The SMILES string of the molecule is C=C/C(=C\N(C)C)c1cccc(-c2ccc(/C(C=NC)=C/C)c(C)n2)c1.CC.CC1CCOC1. The van der Waals surface area contributed by atoms with Gasteiger partial charge < -0.3 is 9.64 Å². The number of rotatable bonds is 6. The van der Waals surface area contributed by atoms with E-state index >= 15 is 0 Å². The molecule has 4 nitrogen and oxygen atoms in total. The molecular weight excluding hydrogens is 418 g/mol. The molecule has 4 heteroatoms. The Balaban J connectivity index is 0.000000615. The number of hydrogen-bond donors (Lipinski definition) is 0. The summed E-state index contributed by atoms with van der Waals surface area (Å²) in [4.78, 5) is 11.0. The van der Waals surface area contributed by atoms with E-state index < -0.39 is 0 Å². The summed E-state index contributed by atoms with van der Waals surface area (Å²) >= 11 is 0. The van der Waals surface area contributed by atoms with E-state index in [2.05, 4.69) is 67.2 Å². The van der Waals surface area contributed by atoms with Crippen LogP contribution in [0.4, 0.5) is 0 Å². The van der Waals surface area contributed by atoms with E-state index in [-0.39, 0.29) is 0 Å². The van der Waals surface area contributed by atoms with Gasteiger partial charge in [0.15, 0.2) is 0 Å². The molecule has 0 spiro atoms. The summed E-state index contributed by atoms with van der Waals surface area (Å²) in [5.74, 6) is 0.824. The minimum atomic E-state index is 0.824. The van der Waals surface area contributed by atoms with Crippen molar-refractivity contribution in [2.75, 3.05) is 34.4 Å². The normalized spacial score (nSPS) is 15.8. The molecule has 2 aromatic rings. The molecule has 0 bridgehead atoms. The van der Waals surface area contributed by atoms with Crippen LogP contribution in [0.3, 0.4) is 0 Å². The number of nitrogens with zero attached hydrogens (tertiary/aromatic N) is 3. The second kappa shape index (κ2) is 15.8. The summed E-state index contributed by atoms with van der Waals surface area (Å²) < 4.78 is 5.06. The van der Waals surface area contributed by atoms with Crippen molar-refractivity contribution in [3.63, 3.8) is 0 Å². The van der Waals surface area contributed by atoms with Crippen molar-refractivity contribution in [3.8, 4) is 11.3 Å². The third kappa shape index (κ3) is 9.11. The van der Waals surface area contributed by atoms with Crippen molar-refractivity contribution >= 4 is 17.4 Å². The van der Waals surface area contributed by atoms with Crippen LogP contribution >= 0.6 is 0 Å². The summed E-state index contributed by atoms with van der Waals surface area (Å²) in [7, 11) is 5.80. The lowest BCUT2D eigenvalue weighted by Crippen LogP contribution is -2.02. The predicted molar refractivity (Wildman–Crippen MR) is 150 cm³/mol. The Morgan fingerprint density at radius 3 is 2.38 bits per heavy atom. The molecule has 0 saturated carbocycles. The molecule has 1 unspecified atom stereocenters. The molecule has 34 heavy (non-hydrogen) atoms. The highest BCUT2D eigenvalue weighted by molar-refractivity contribution is 6.10. The lowest BCUT2D eigenvalue weighted by Gasteiger charge is -2.12. The van der Waals surface area contributed by atoms with Gasteiger partial charge in [0.2, 0.25) is 0 Å². The van der Waals surface area contributed by atoms with E-state index in [0.29, 0.717) is 0 Å². The Morgan fingerprint density at radius 1 is 1.18 bits per heavy atom. The third-order valence-electron chi connectivity index (χ3n) is 5.24. The molecule has 1 atom stereocenters. The van der Waals surface area contributed by atoms with Crippen LogP contribution in [-0.2, 0) is 4.74 Å². The fourth-order valence-electron chi connectivity index (χ4n) is 3.50. The molecule has 0 amide bonds. The number of benzene rings is 1. The first kappa shape index (κ1) is 29.1. The van der Waals surface area contributed by atoms with Crippen LogP contribution in [0.1, 0.15) is 50.9 Å². The van der Waals surface area contributed by atoms with Crippen LogP contribution in [0.2, 0.25) is 0 Å². The number of hydrogen-bond acceptors (Lipinski definition) is 4. The highest BCUT2D eigenvalue weighted by Crippen LogP contribution is 2.26. The van der Waals surface area contributed by atoms with E-state index in [1.54, 1.807) is 7.05 Å². The largest absolute Gasteiger partial charge is 0.383 e. The van der Waals surface area contributed by atoms with Crippen molar-refractivity contribution in [2.45, 2.75) is 41.0 Å². The van der Waals surface area contributed by atoms with Crippen LogP contribution in [0.5, 0.6) is 0 Å². The topological polar surface area (TPSA) is 37.7 Å². The second-order valence-electron chi connectivity index (χ2n) is 8.26. The average Bonchev–Trinajstić information content (AvgIpc) is 3.33. The maximum Gasteiger partial charge on any atom is 0.0705 e. The van der Waals surface area contributed by atoms with E-state index in [9.17, 15) is 0 Å². The van der Waals surface area contributed by atoms with Gasteiger partial charge in [0.1, 0.15) is 0 Å². The van der Waals surface area contributed by atoms with Crippen molar-refractivity contribution in [1.29, 1.82) is 0 Å². The first-order chi connectivity index (χ1) is 16.4. The average molecular weight is 462 g/mol. The van der Waals surface area contributed by atoms with Crippen LogP contribution in [0.25, 0.3) is 22.4 Å². The summed E-state index contributed by atoms with van der Waals surface area (Å²) in [6.07, 6.45) is 9.13. The molecule has 3 rings (SSSR count). The maximum atomic E-state index is 5.06. The highest BCUT2D eigenvalue weighted by Gasteiger charge is 2.09. The first-order valence-corrected chi connectivity index (χ1v) is 12.1. The van der Waals surface area contributed by atoms with Gasteiger partial charge in [0, 0.05) is 63.6 Å². The molecule has 1 aromatic carbocycles. The fraction of sp³-hybridized carbons (Fsp3) is 0.400. The lowest BCUT2D eigenvalue weighted by molar-refractivity contribution is 0.188. The number of pyridine rings is 1. The zero-order valence-electron chi connectivity index (χ0n) is 22.4. The monoisotopic (exact) mass is 461 g/mol. The van der Waals surface area contributed by atoms with Gasteiger partial charge in [-0.25, -0.2) is 0 Å². The number of ether oxygens (including phenoxy) is 1. The fourth-order valence-corrected chi connectivity index (χ4v) is 3.50. The Morgan fingerprint density at radius 2 is 1.91 bits per heavy atom. The number of aryl methyl sites for hydroxylation is 1. The summed E-state index contributed by atoms with van der Waals surface area (Å²) in [5.41, 5.74) is 7.45. The molecule has 0 aliphatic carbocycles. The van der Waals surface area contributed by atoms with Crippen molar-refractivity contribution in [2.24, 2.45) is 10.9 Å². The minimum absolute atomic E-state index is 0.824. The van der Waals surface area contributed by atoms with Gasteiger partial charge in [-0.2, -0.15) is 0 Å². The van der Waals surface area contributed by atoms with Crippen LogP contribution in [0.15, 0.2) is 66.3 Å². The van der Waals surface area contributed by atoms with Gasteiger partial charge in [0.25, 0.3) is 0 Å². The number of allylic oxidation sites excluding steroid dienone is 4. The Kier molecular flexibility index (Phi) is 13.5. The summed E-state index contributed by atoms with van der Waals surface area (Å²) in [6, 6.07) is 12.6. The molecule has 1 aliphatic rings. The predicted octanol–water partition coefficient (Wildman–Crippen LogP) is 7.32. The summed E-state index contributed by atoms with van der Waals surface area (Å²) in [6.45, 7) is 16.2. The van der Waals surface area contributed by atoms with Crippen molar-refractivity contribution < 1.29 is 4.74 Å². The van der Waals surface area contributed by atoms with E-state index in [1.807, 2.05) is 59.0 Å². The van der Waals surface area contributed by atoms with Crippen molar-refractivity contribution in [1.82, 2.24) is 9.88 Å². The van der Waals surface area contributed by atoms with Crippen LogP contribution in [-0.4, -0.2) is 50.5 Å². The molecule has 2 heterocycles. The molecule has 0 N–H and O–H groups in total. The van der Waals surface area contributed by atoms with Gasteiger partial charge in [-0.1, -0.05) is 63.8 Å². The van der Waals surface area contributed by atoms with Gasteiger partial charge in [-0.05, 0) is 55.0 Å². The standard InChI is InChI=1S/C23H27N3.C5H10O.C2H6/c1-7-18(15-24-4)22-12-13-23(25-17(22)3)21-11-9-10-20(14-21)19(8-2)16-26(5)6;1-5-2-3-6-4-5;1-2/h7-16H,2H2,1,3-6H3;5H,2-4H2,1H3;1-2H3/b18-7+,19-16+,24-15?;;. The van der Waals surface area contributed by atoms with E-state index in [1.165, 1.54) is 6.42 Å². The van der Waals surface area contributed by atoms with Gasteiger partial charge in [-0.15, -0.1) is 0 Å². The molecular formula is C30H43N3O. The van der Waals surface area contributed by atoms with Gasteiger partial charge in [-0.3, -0.25) is 9.98 Å². The number of aliphatic imine (C=N–C) groups is 1. The number of aromatic nitrogens is 1. The zero-order valence-corrected chi connectivity index (χ0v) is 22.4. The quantitative estimate of drug-likeness (QED) is 0.334. The Hall–Kier alpha value is -2.98. The third-order valence-corrected chi connectivity index (χ3v) is 5.24. The Labute approximate surface area is 207 Å². The van der Waals surface area contributed by atoms with Crippen LogP contribution < -0.4 is 0 Å². The molecule has 1 saturated heterocycles. The molecule has 184 valence electrons. The second-order valence-corrected chi connectivity index (χ2v) is 8.26. The molecule has 0 radical (unpaired) electrons. The molecule has 1 aromatic heterocycles. The molecule has 1 fully saturated rings. The smallest absolute Gasteiger partial charge is 0.0705 e. The first-order valence-electron chi connectivity index (χ1n) is 12.1. The summed E-state index contributed by atoms with van der Waals surface area (Å²) in [5, 5.41) is 0. The minimum Gasteiger partial charge on any atom is -0.383 e. The van der Waals surface area contributed by atoms with Gasteiger partial charge in [0.05, 0.1) is 5.69 Å². The van der Waals surface area contributed by atoms with Crippen molar-refractivity contribution in [3.05, 3.63) is 78.1 Å². The maximum absolute atomic E-state index is 5.06. The van der Waals surface area contributed by atoms with E-state index in [0.717, 1.165) is 58.4 Å². The zero-order chi connectivity index (χ0) is 25.5. The Bertz CT molecular complexity index is 980. The van der Waals surface area contributed by atoms with E-state index in [4.69, 9.17) is 9.72 Å². The molecule has 1 aliphatic heterocycles. The lowest BCUT2D eigenvalue weighted by atomic mass is 10.00. The highest BCUT2D eigenvalue weighted by atomic mass is 16.5.